The molecule has 0 bridgehead atoms. The Kier molecular flexibility index (Phi) is 21.5. The standard InChI is InChI=1S/C16H34.H3O3P/c1-4-5-6-7-8-9-10-11-12-13-14-15-16(2)3;1-4(2)3/h16H,4-15H2,1-3H3;4H,(H2,1,2,3). The third-order valence-corrected chi connectivity index (χ3v) is 3.39. The third kappa shape index (κ3) is 30.9. The summed E-state index contributed by atoms with van der Waals surface area (Å²) in [6.45, 7) is 6.95. The highest BCUT2D eigenvalue weighted by Crippen LogP contribution is 2.13. The molecule has 4 heteroatoms. The molecule has 0 aromatic heterocycles. The highest BCUT2D eigenvalue weighted by molar-refractivity contribution is 7.30. The molecule has 0 aliphatic heterocycles. The molecule has 0 atom stereocenters. The van der Waals surface area contributed by atoms with Gasteiger partial charge in [-0.05, 0) is 5.92 Å². The minimum Gasteiger partial charge on any atom is -0.326 e. The molecule has 0 aliphatic carbocycles. The smallest absolute Gasteiger partial charge is 0.314 e. The molecule has 2 N–H and O–H groups in total. The lowest BCUT2D eigenvalue weighted by atomic mass is 10.0. The van der Waals surface area contributed by atoms with E-state index in [1.807, 2.05) is 0 Å². The molecule has 0 aromatic carbocycles. The van der Waals surface area contributed by atoms with E-state index in [0.717, 1.165) is 5.92 Å². The summed E-state index contributed by atoms with van der Waals surface area (Å²) in [6.07, 6.45) is 17.5. The summed E-state index contributed by atoms with van der Waals surface area (Å²) in [5.74, 6) is 0.901. The van der Waals surface area contributed by atoms with E-state index in [1.54, 1.807) is 0 Å². The van der Waals surface area contributed by atoms with E-state index in [4.69, 9.17) is 14.4 Å². The van der Waals surface area contributed by atoms with Crippen LogP contribution in [0.2, 0.25) is 0 Å². The molecule has 0 radical (unpaired) electrons. The van der Waals surface area contributed by atoms with Gasteiger partial charge in [0.25, 0.3) is 0 Å². The Morgan fingerprint density at radius 3 is 1.35 bits per heavy atom. The van der Waals surface area contributed by atoms with Gasteiger partial charge in [0.1, 0.15) is 0 Å². The van der Waals surface area contributed by atoms with Gasteiger partial charge in [-0.15, -0.1) is 0 Å². The van der Waals surface area contributed by atoms with Crippen molar-refractivity contribution >= 4 is 8.25 Å². The summed E-state index contributed by atoms with van der Waals surface area (Å²) in [6, 6.07) is 0. The summed E-state index contributed by atoms with van der Waals surface area (Å²) >= 11 is 0. The van der Waals surface area contributed by atoms with Gasteiger partial charge >= 0.3 is 8.25 Å². The topological polar surface area (TPSA) is 57.5 Å². The van der Waals surface area contributed by atoms with Crippen LogP contribution in [-0.4, -0.2) is 9.79 Å². The van der Waals surface area contributed by atoms with Crippen molar-refractivity contribution in [2.24, 2.45) is 5.92 Å². The van der Waals surface area contributed by atoms with Crippen molar-refractivity contribution in [1.82, 2.24) is 0 Å². The Balaban J connectivity index is 0. The highest BCUT2D eigenvalue weighted by atomic mass is 31.1. The molecule has 0 unspecified atom stereocenters. The SMILES string of the molecule is CCCCCCCCCCCCCC(C)C.O=[PH](O)O. The molecule has 0 heterocycles. The van der Waals surface area contributed by atoms with Gasteiger partial charge in [0.05, 0.1) is 0 Å². The minimum atomic E-state index is -3.13. The number of unbranched alkanes of at least 4 members (excludes halogenated alkanes) is 10. The molecule has 0 rings (SSSR count). The van der Waals surface area contributed by atoms with Gasteiger partial charge in [-0.2, -0.15) is 0 Å². The van der Waals surface area contributed by atoms with E-state index in [2.05, 4.69) is 20.8 Å². The van der Waals surface area contributed by atoms with Crippen molar-refractivity contribution in [1.29, 1.82) is 0 Å². The molecule has 0 aliphatic rings. The average molecular weight is 308 g/mol. The van der Waals surface area contributed by atoms with Crippen LogP contribution in [0.4, 0.5) is 0 Å². The van der Waals surface area contributed by atoms with Crippen LogP contribution in [0.25, 0.3) is 0 Å². The fourth-order valence-corrected chi connectivity index (χ4v) is 2.22. The second-order valence-corrected chi connectivity index (χ2v) is 6.57. The van der Waals surface area contributed by atoms with E-state index >= 15 is 0 Å². The molecule has 0 amide bonds. The molecular formula is C16H37O3P. The van der Waals surface area contributed by atoms with E-state index in [9.17, 15) is 0 Å². The molecule has 124 valence electrons. The first-order chi connectivity index (χ1) is 9.50. The molecule has 0 fully saturated rings. The highest BCUT2D eigenvalue weighted by Gasteiger charge is 1.95. The Labute approximate surface area is 127 Å². The van der Waals surface area contributed by atoms with Crippen molar-refractivity contribution in [3.8, 4) is 0 Å². The lowest BCUT2D eigenvalue weighted by molar-refractivity contribution is 0.405. The average Bonchev–Trinajstić information content (AvgIpc) is 2.35. The summed E-state index contributed by atoms with van der Waals surface area (Å²) in [5.41, 5.74) is 0. The monoisotopic (exact) mass is 308 g/mol. The fourth-order valence-electron chi connectivity index (χ4n) is 2.22. The van der Waals surface area contributed by atoms with Crippen molar-refractivity contribution < 1.29 is 14.4 Å². The summed E-state index contributed by atoms with van der Waals surface area (Å²) < 4.78 is 8.74. The van der Waals surface area contributed by atoms with Gasteiger partial charge in [0.15, 0.2) is 0 Å². The first kappa shape index (κ1) is 22.4. The fraction of sp³-hybridized carbons (Fsp3) is 1.00. The lowest BCUT2D eigenvalue weighted by Crippen LogP contribution is -1.87. The Morgan fingerprint density at radius 2 is 1.05 bits per heavy atom. The lowest BCUT2D eigenvalue weighted by Gasteiger charge is -2.04. The zero-order chi connectivity index (χ0) is 15.6. The molecule has 3 nitrogen and oxygen atoms in total. The van der Waals surface area contributed by atoms with Gasteiger partial charge in [0, 0.05) is 0 Å². The van der Waals surface area contributed by atoms with Gasteiger partial charge in [-0.25, -0.2) is 0 Å². The molecule has 0 spiro atoms. The van der Waals surface area contributed by atoms with E-state index < -0.39 is 8.25 Å². The summed E-state index contributed by atoms with van der Waals surface area (Å²) in [7, 11) is -3.13. The van der Waals surface area contributed by atoms with Gasteiger partial charge in [-0.3, -0.25) is 4.57 Å². The first-order valence-electron chi connectivity index (χ1n) is 8.42. The Bertz CT molecular complexity index is 192. The number of hydrogen-bond donors (Lipinski definition) is 2. The van der Waals surface area contributed by atoms with E-state index in [1.165, 1.54) is 77.0 Å². The summed E-state index contributed by atoms with van der Waals surface area (Å²) in [4.78, 5) is 14.3. The molecule has 20 heavy (non-hydrogen) atoms. The van der Waals surface area contributed by atoms with Crippen LogP contribution < -0.4 is 0 Å². The molecule has 0 saturated carbocycles. The van der Waals surface area contributed by atoms with Crippen LogP contribution in [0.3, 0.4) is 0 Å². The quantitative estimate of drug-likeness (QED) is 0.359. The number of hydrogen-bond acceptors (Lipinski definition) is 1. The zero-order valence-corrected chi connectivity index (χ0v) is 14.9. The van der Waals surface area contributed by atoms with Crippen LogP contribution >= 0.6 is 8.25 Å². The van der Waals surface area contributed by atoms with Crippen molar-refractivity contribution in [2.75, 3.05) is 0 Å². The van der Waals surface area contributed by atoms with Crippen LogP contribution in [0, 0.1) is 5.92 Å². The summed E-state index contributed by atoms with van der Waals surface area (Å²) in [5, 5.41) is 0. The maximum absolute atomic E-state index is 8.74. The second kappa shape index (κ2) is 19.1. The van der Waals surface area contributed by atoms with Crippen molar-refractivity contribution in [3.05, 3.63) is 0 Å². The normalized spacial score (nSPS) is 10.8. The maximum Gasteiger partial charge on any atom is 0.314 e. The van der Waals surface area contributed by atoms with Crippen LogP contribution in [0.5, 0.6) is 0 Å². The minimum absolute atomic E-state index is 0.901. The van der Waals surface area contributed by atoms with Crippen LogP contribution in [0.1, 0.15) is 97.8 Å². The predicted octanol–water partition coefficient (Wildman–Crippen LogP) is 5.70. The van der Waals surface area contributed by atoms with Crippen LogP contribution in [0.15, 0.2) is 0 Å². The van der Waals surface area contributed by atoms with Gasteiger partial charge < -0.3 is 9.79 Å². The van der Waals surface area contributed by atoms with Crippen LogP contribution in [-0.2, 0) is 4.57 Å². The largest absolute Gasteiger partial charge is 0.326 e. The molecule has 0 saturated heterocycles. The van der Waals surface area contributed by atoms with Gasteiger partial charge in [-0.1, -0.05) is 97.8 Å². The first-order valence-corrected chi connectivity index (χ1v) is 9.72. The van der Waals surface area contributed by atoms with Gasteiger partial charge in [0.2, 0.25) is 0 Å². The molecular weight excluding hydrogens is 271 g/mol. The number of rotatable bonds is 12. The molecule has 0 aromatic rings. The van der Waals surface area contributed by atoms with Crippen molar-refractivity contribution in [2.45, 2.75) is 97.8 Å². The predicted molar refractivity (Wildman–Crippen MR) is 89.4 cm³/mol. The van der Waals surface area contributed by atoms with Crippen molar-refractivity contribution in [3.63, 3.8) is 0 Å². The third-order valence-electron chi connectivity index (χ3n) is 3.39. The zero-order valence-electron chi connectivity index (χ0n) is 13.9. The van der Waals surface area contributed by atoms with E-state index in [0.29, 0.717) is 0 Å². The Hall–Kier alpha value is 0.150. The van der Waals surface area contributed by atoms with E-state index in [-0.39, 0.29) is 0 Å². The maximum atomic E-state index is 8.74. The Morgan fingerprint density at radius 1 is 0.750 bits per heavy atom. The second-order valence-electron chi connectivity index (χ2n) is 6.00.